The first-order chi connectivity index (χ1) is 10.2. The molecule has 0 bridgehead atoms. The molecule has 2 fully saturated rings. The van der Waals surface area contributed by atoms with Crippen molar-refractivity contribution in [2.45, 2.75) is 0 Å². The molecule has 2 atom stereocenters. The third-order valence-corrected chi connectivity index (χ3v) is 5.01. The SMILES string of the molecule is O=C(c1onc2ncccc12)N1CC2C(C1)C2(CO)CO. The van der Waals surface area contributed by atoms with Crippen molar-refractivity contribution in [1.82, 2.24) is 15.0 Å². The summed E-state index contributed by atoms with van der Waals surface area (Å²) in [6.45, 7) is 1.01. The molecular weight excluding hydrogens is 274 g/mol. The molecule has 2 aliphatic rings. The Labute approximate surface area is 120 Å². The quantitative estimate of drug-likeness (QED) is 0.818. The molecule has 1 aliphatic heterocycles. The second-order valence-corrected chi connectivity index (χ2v) is 5.86. The Morgan fingerprint density at radius 2 is 2.10 bits per heavy atom. The number of piperidine rings is 1. The Morgan fingerprint density at radius 3 is 2.76 bits per heavy atom. The van der Waals surface area contributed by atoms with Gasteiger partial charge in [-0.2, -0.15) is 0 Å². The zero-order chi connectivity index (χ0) is 14.6. The van der Waals surface area contributed by atoms with Gasteiger partial charge in [-0.1, -0.05) is 5.16 Å². The highest BCUT2D eigenvalue weighted by atomic mass is 16.5. The van der Waals surface area contributed by atoms with E-state index in [1.54, 1.807) is 23.2 Å². The number of likely N-dealkylation sites (tertiary alicyclic amines) is 1. The highest BCUT2D eigenvalue weighted by Gasteiger charge is 2.68. The van der Waals surface area contributed by atoms with Gasteiger partial charge in [0.05, 0.1) is 18.6 Å². The van der Waals surface area contributed by atoms with E-state index >= 15 is 0 Å². The molecule has 2 N–H and O–H groups in total. The second-order valence-electron chi connectivity index (χ2n) is 5.86. The van der Waals surface area contributed by atoms with Crippen molar-refractivity contribution >= 4 is 16.9 Å². The van der Waals surface area contributed by atoms with Crippen molar-refractivity contribution in [1.29, 1.82) is 0 Å². The van der Waals surface area contributed by atoms with Gasteiger partial charge in [-0.25, -0.2) is 4.98 Å². The number of amides is 1. The zero-order valence-corrected chi connectivity index (χ0v) is 11.3. The molecule has 1 saturated carbocycles. The maximum Gasteiger partial charge on any atom is 0.293 e. The Morgan fingerprint density at radius 1 is 1.38 bits per heavy atom. The van der Waals surface area contributed by atoms with Crippen LogP contribution in [0, 0.1) is 17.3 Å². The normalized spacial score (nSPS) is 26.1. The van der Waals surface area contributed by atoms with Crippen LogP contribution in [0.2, 0.25) is 0 Å². The van der Waals surface area contributed by atoms with Crippen LogP contribution in [0.25, 0.3) is 11.0 Å². The highest BCUT2D eigenvalue weighted by molar-refractivity contribution is 6.02. The average Bonchev–Trinajstić information content (AvgIpc) is 2.92. The number of aliphatic hydroxyl groups is 2. The van der Waals surface area contributed by atoms with E-state index in [4.69, 9.17) is 4.52 Å². The van der Waals surface area contributed by atoms with Crippen molar-refractivity contribution in [2.24, 2.45) is 17.3 Å². The van der Waals surface area contributed by atoms with E-state index in [1.807, 2.05) is 0 Å². The number of carbonyl (C=O) groups excluding carboxylic acids is 1. The summed E-state index contributed by atoms with van der Waals surface area (Å²) >= 11 is 0. The van der Waals surface area contributed by atoms with Gasteiger partial charge >= 0.3 is 0 Å². The summed E-state index contributed by atoms with van der Waals surface area (Å²) in [6.07, 6.45) is 1.60. The number of aromatic nitrogens is 2. The predicted molar refractivity (Wildman–Crippen MR) is 71.3 cm³/mol. The molecule has 3 heterocycles. The number of nitrogens with zero attached hydrogens (tertiary/aromatic N) is 3. The molecule has 7 nitrogen and oxygen atoms in total. The molecule has 2 aromatic heterocycles. The lowest BCUT2D eigenvalue weighted by Gasteiger charge is -2.23. The number of carbonyl (C=O) groups is 1. The van der Waals surface area contributed by atoms with Gasteiger partial charge in [0.2, 0.25) is 11.4 Å². The Balaban J connectivity index is 1.56. The molecule has 0 aromatic carbocycles. The van der Waals surface area contributed by atoms with Crippen LogP contribution in [0.5, 0.6) is 0 Å². The second kappa shape index (κ2) is 4.25. The van der Waals surface area contributed by atoms with Gasteiger partial charge in [0.15, 0.2) is 0 Å². The van der Waals surface area contributed by atoms with Crippen LogP contribution >= 0.6 is 0 Å². The first-order valence-corrected chi connectivity index (χ1v) is 6.92. The first kappa shape index (κ1) is 12.7. The standard InChI is InChI=1S/C14H15N3O4/c18-6-14(7-19)9-4-17(5-10(9)14)13(20)11-8-2-1-3-15-12(8)16-21-11/h1-3,9-10,18-19H,4-7H2. The minimum Gasteiger partial charge on any atom is -0.396 e. The highest BCUT2D eigenvalue weighted by Crippen LogP contribution is 2.62. The average molecular weight is 289 g/mol. The van der Waals surface area contributed by atoms with Crippen LogP contribution in [-0.2, 0) is 0 Å². The third kappa shape index (κ3) is 1.58. The molecule has 0 radical (unpaired) electrons. The molecule has 2 aromatic rings. The number of rotatable bonds is 3. The van der Waals surface area contributed by atoms with Crippen LogP contribution in [0.15, 0.2) is 22.9 Å². The molecule has 1 saturated heterocycles. The van der Waals surface area contributed by atoms with Crippen molar-refractivity contribution < 1.29 is 19.5 Å². The van der Waals surface area contributed by atoms with Crippen molar-refractivity contribution in [3.63, 3.8) is 0 Å². The van der Waals surface area contributed by atoms with E-state index in [0.29, 0.717) is 24.1 Å². The van der Waals surface area contributed by atoms with E-state index in [-0.39, 0.29) is 36.7 Å². The van der Waals surface area contributed by atoms with Gasteiger partial charge in [0.1, 0.15) is 0 Å². The predicted octanol–water partition coefficient (Wildman–Crippen LogP) is -0.104. The summed E-state index contributed by atoms with van der Waals surface area (Å²) in [5.41, 5.74) is 0.0206. The lowest BCUT2D eigenvalue weighted by atomic mass is 10.0. The molecule has 4 rings (SSSR count). The minimum atomic E-state index is -0.401. The number of aliphatic hydroxyl groups excluding tert-OH is 2. The Kier molecular flexibility index (Phi) is 2.58. The third-order valence-electron chi connectivity index (χ3n) is 5.01. The van der Waals surface area contributed by atoms with Crippen LogP contribution in [0.3, 0.4) is 0 Å². The van der Waals surface area contributed by atoms with Crippen molar-refractivity contribution in [2.75, 3.05) is 26.3 Å². The van der Waals surface area contributed by atoms with Gasteiger partial charge in [-0.05, 0) is 24.0 Å². The molecule has 0 spiro atoms. The summed E-state index contributed by atoms with van der Waals surface area (Å²) in [5.74, 6) is 0.341. The molecule has 21 heavy (non-hydrogen) atoms. The smallest absolute Gasteiger partial charge is 0.293 e. The van der Waals surface area contributed by atoms with E-state index in [2.05, 4.69) is 10.1 Å². The van der Waals surface area contributed by atoms with Crippen LogP contribution in [0.4, 0.5) is 0 Å². The number of hydrogen-bond acceptors (Lipinski definition) is 6. The fraction of sp³-hybridized carbons (Fsp3) is 0.500. The van der Waals surface area contributed by atoms with E-state index < -0.39 is 5.41 Å². The lowest BCUT2D eigenvalue weighted by Crippen LogP contribution is -2.36. The Hall–Kier alpha value is -1.99. The fourth-order valence-corrected chi connectivity index (χ4v) is 3.61. The largest absolute Gasteiger partial charge is 0.396 e. The molecular formula is C14H15N3O4. The van der Waals surface area contributed by atoms with E-state index in [1.165, 1.54) is 0 Å². The number of fused-ring (bicyclic) bond motifs is 2. The number of pyridine rings is 1. The Bertz CT molecular complexity index is 695. The van der Waals surface area contributed by atoms with Gasteiger partial charge < -0.3 is 19.6 Å². The van der Waals surface area contributed by atoms with Crippen LogP contribution in [-0.4, -0.2) is 57.5 Å². The van der Waals surface area contributed by atoms with Crippen LogP contribution < -0.4 is 0 Å². The van der Waals surface area contributed by atoms with E-state index in [0.717, 1.165) is 0 Å². The number of hydrogen-bond donors (Lipinski definition) is 2. The molecule has 2 unspecified atom stereocenters. The summed E-state index contributed by atoms with van der Waals surface area (Å²) < 4.78 is 5.14. The minimum absolute atomic E-state index is 0.0317. The summed E-state index contributed by atoms with van der Waals surface area (Å²) in [5, 5.41) is 23.2. The molecule has 1 aliphatic carbocycles. The summed E-state index contributed by atoms with van der Waals surface area (Å²) in [4.78, 5) is 18.3. The summed E-state index contributed by atoms with van der Waals surface area (Å²) in [6, 6.07) is 3.49. The zero-order valence-electron chi connectivity index (χ0n) is 11.3. The fourth-order valence-electron chi connectivity index (χ4n) is 3.61. The van der Waals surface area contributed by atoms with Crippen LogP contribution in [0.1, 0.15) is 10.6 Å². The summed E-state index contributed by atoms with van der Waals surface area (Å²) in [7, 11) is 0. The van der Waals surface area contributed by atoms with Crippen molar-refractivity contribution in [3.8, 4) is 0 Å². The molecule has 1 amide bonds. The first-order valence-electron chi connectivity index (χ1n) is 6.92. The lowest BCUT2D eigenvalue weighted by molar-refractivity contribution is 0.0607. The topological polar surface area (TPSA) is 99.7 Å². The van der Waals surface area contributed by atoms with Gasteiger partial charge in [-0.15, -0.1) is 0 Å². The van der Waals surface area contributed by atoms with Gasteiger partial charge in [0.25, 0.3) is 5.91 Å². The molecule has 110 valence electrons. The van der Waals surface area contributed by atoms with E-state index in [9.17, 15) is 15.0 Å². The van der Waals surface area contributed by atoms with Gasteiger partial charge in [0, 0.05) is 24.7 Å². The maximum atomic E-state index is 12.5. The monoisotopic (exact) mass is 289 g/mol. The maximum absolute atomic E-state index is 12.5. The molecule has 7 heteroatoms. The van der Waals surface area contributed by atoms with Gasteiger partial charge in [-0.3, -0.25) is 4.79 Å². The van der Waals surface area contributed by atoms with Crippen molar-refractivity contribution in [3.05, 3.63) is 24.1 Å².